The van der Waals surface area contributed by atoms with Crippen LogP contribution < -0.4 is 15.4 Å². The lowest BCUT2D eigenvalue weighted by Gasteiger charge is -2.26. The Labute approximate surface area is 154 Å². The average molecular weight is 361 g/mol. The highest BCUT2D eigenvalue weighted by Crippen LogP contribution is 2.22. The highest BCUT2D eigenvalue weighted by atomic mass is 32.1. The first kappa shape index (κ1) is 19.3. The number of hydrogen-bond donors (Lipinski definition) is 2. The maximum absolute atomic E-state index is 5.35. The van der Waals surface area contributed by atoms with Crippen molar-refractivity contribution in [2.24, 2.45) is 4.99 Å². The molecule has 0 saturated heterocycles. The normalized spacial score (nSPS) is 12.9. The fraction of sp³-hybridized carbons (Fsp3) is 0.421. The summed E-state index contributed by atoms with van der Waals surface area (Å²) in [4.78, 5) is 7.90. The molecule has 0 aliphatic heterocycles. The molecule has 0 saturated carbocycles. The smallest absolute Gasteiger partial charge is 0.191 e. The molecule has 2 N–H and O–H groups in total. The molecule has 1 atom stereocenters. The van der Waals surface area contributed by atoms with Crippen molar-refractivity contribution in [2.75, 3.05) is 41.3 Å². The van der Waals surface area contributed by atoms with Gasteiger partial charge in [-0.1, -0.05) is 18.2 Å². The first-order chi connectivity index (χ1) is 12.1. The van der Waals surface area contributed by atoms with E-state index in [9.17, 15) is 0 Å². The second-order valence-corrected chi connectivity index (χ2v) is 7.00. The largest absolute Gasteiger partial charge is 0.497 e. The Bertz CT molecular complexity index is 655. The average Bonchev–Trinajstić information content (AvgIpc) is 3.13. The number of aliphatic imine (C=N–C) groups is 1. The minimum absolute atomic E-state index is 0.228. The third-order valence-electron chi connectivity index (χ3n) is 4.03. The van der Waals surface area contributed by atoms with E-state index < -0.39 is 0 Å². The van der Waals surface area contributed by atoms with Gasteiger partial charge in [0.25, 0.3) is 0 Å². The quantitative estimate of drug-likeness (QED) is 0.561. The van der Waals surface area contributed by atoms with Gasteiger partial charge in [0.2, 0.25) is 0 Å². The Kier molecular flexibility index (Phi) is 7.76. The van der Waals surface area contributed by atoms with Crippen molar-refractivity contribution in [1.82, 2.24) is 15.5 Å². The molecule has 1 heterocycles. The molecule has 2 aromatic rings. The zero-order chi connectivity index (χ0) is 18.1. The molecule has 1 aromatic heterocycles. The first-order valence-corrected chi connectivity index (χ1v) is 9.29. The second-order valence-electron chi connectivity index (χ2n) is 5.97. The van der Waals surface area contributed by atoms with Gasteiger partial charge in [-0.25, -0.2) is 0 Å². The van der Waals surface area contributed by atoms with E-state index in [1.165, 1.54) is 10.4 Å². The van der Waals surface area contributed by atoms with Crippen molar-refractivity contribution in [1.29, 1.82) is 0 Å². The van der Waals surface area contributed by atoms with E-state index in [1.54, 1.807) is 25.5 Å². The minimum atomic E-state index is 0.228. The number of nitrogens with zero attached hydrogens (tertiary/aromatic N) is 2. The van der Waals surface area contributed by atoms with Gasteiger partial charge in [-0.2, -0.15) is 0 Å². The molecule has 2 rings (SSSR count). The zero-order valence-electron chi connectivity index (χ0n) is 15.5. The zero-order valence-corrected chi connectivity index (χ0v) is 16.3. The van der Waals surface area contributed by atoms with Gasteiger partial charge in [0.1, 0.15) is 5.75 Å². The summed E-state index contributed by atoms with van der Waals surface area (Å²) in [6.45, 7) is 1.63. The van der Waals surface area contributed by atoms with E-state index in [1.807, 2.05) is 12.1 Å². The van der Waals surface area contributed by atoms with Crippen molar-refractivity contribution in [3.63, 3.8) is 0 Å². The summed E-state index contributed by atoms with van der Waals surface area (Å²) in [7, 11) is 7.66. The van der Waals surface area contributed by atoms with Crippen LogP contribution in [0.1, 0.15) is 16.5 Å². The SMILES string of the molecule is CN=C(NCCc1cccs1)NCC(c1cccc(OC)c1)N(C)C. The third kappa shape index (κ3) is 6.07. The van der Waals surface area contributed by atoms with Crippen LogP contribution in [-0.2, 0) is 6.42 Å². The number of benzene rings is 1. The summed E-state index contributed by atoms with van der Waals surface area (Å²) >= 11 is 1.79. The van der Waals surface area contributed by atoms with Crippen molar-refractivity contribution in [3.8, 4) is 5.75 Å². The number of guanidine groups is 1. The molecule has 0 aliphatic carbocycles. The number of thiophene rings is 1. The molecule has 0 fully saturated rings. The summed E-state index contributed by atoms with van der Waals surface area (Å²) in [6, 6.07) is 12.7. The molecule has 1 unspecified atom stereocenters. The van der Waals surface area contributed by atoms with Crippen LogP contribution >= 0.6 is 11.3 Å². The Morgan fingerprint density at radius 1 is 1.24 bits per heavy atom. The molecule has 6 heteroatoms. The molecule has 0 bridgehead atoms. The van der Waals surface area contributed by atoms with E-state index in [0.29, 0.717) is 0 Å². The fourth-order valence-corrected chi connectivity index (χ4v) is 3.33. The topological polar surface area (TPSA) is 48.9 Å². The Morgan fingerprint density at radius 3 is 2.72 bits per heavy atom. The Morgan fingerprint density at radius 2 is 2.08 bits per heavy atom. The molecular formula is C19H28N4OS. The molecule has 0 radical (unpaired) electrons. The fourth-order valence-electron chi connectivity index (χ4n) is 2.62. The molecular weight excluding hydrogens is 332 g/mol. The lowest BCUT2D eigenvalue weighted by molar-refractivity contribution is 0.297. The summed E-state index contributed by atoms with van der Waals surface area (Å²) in [5, 5.41) is 8.91. The van der Waals surface area contributed by atoms with Gasteiger partial charge >= 0.3 is 0 Å². The Hall–Kier alpha value is -2.05. The van der Waals surface area contributed by atoms with Crippen LogP contribution in [0.3, 0.4) is 0 Å². The summed E-state index contributed by atoms with van der Waals surface area (Å²) in [5.41, 5.74) is 1.21. The van der Waals surface area contributed by atoms with Gasteiger partial charge in [-0.3, -0.25) is 4.99 Å². The third-order valence-corrected chi connectivity index (χ3v) is 4.97. The minimum Gasteiger partial charge on any atom is -0.497 e. The first-order valence-electron chi connectivity index (χ1n) is 8.41. The van der Waals surface area contributed by atoms with Crippen molar-refractivity contribution in [2.45, 2.75) is 12.5 Å². The van der Waals surface area contributed by atoms with Gasteiger partial charge in [0.05, 0.1) is 13.2 Å². The Balaban J connectivity index is 1.89. The summed E-state index contributed by atoms with van der Waals surface area (Å²) in [6.07, 6.45) is 1.01. The lowest BCUT2D eigenvalue weighted by Crippen LogP contribution is -2.42. The van der Waals surface area contributed by atoms with E-state index in [2.05, 4.69) is 64.3 Å². The van der Waals surface area contributed by atoms with Gasteiger partial charge in [0, 0.05) is 25.0 Å². The number of methoxy groups -OCH3 is 1. The molecule has 5 nitrogen and oxygen atoms in total. The standard InChI is InChI=1S/C19H28N4OS/c1-20-19(21-11-10-17-9-6-12-25-17)22-14-18(23(2)3)15-7-5-8-16(13-15)24-4/h5-9,12-13,18H,10-11,14H2,1-4H3,(H2,20,21,22). The van der Waals surface area contributed by atoms with E-state index in [-0.39, 0.29) is 6.04 Å². The molecule has 1 aromatic carbocycles. The van der Waals surface area contributed by atoms with Crippen molar-refractivity contribution < 1.29 is 4.74 Å². The second kappa shape index (κ2) is 10.1. The molecule has 0 aliphatic rings. The van der Waals surface area contributed by atoms with Gasteiger partial charge in [0.15, 0.2) is 5.96 Å². The predicted octanol–water partition coefficient (Wildman–Crippen LogP) is 2.77. The monoisotopic (exact) mass is 360 g/mol. The van der Waals surface area contributed by atoms with Gasteiger partial charge in [-0.15, -0.1) is 11.3 Å². The highest BCUT2D eigenvalue weighted by Gasteiger charge is 2.15. The molecule has 25 heavy (non-hydrogen) atoms. The van der Waals surface area contributed by atoms with Crippen LogP contribution in [0.2, 0.25) is 0 Å². The van der Waals surface area contributed by atoms with Gasteiger partial charge in [-0.05, 0) is 49.7 Å². The van der Waals surface area contributed by atoms with Crippen molar-refractivity contribution >= 4 is 17.3 Å². The number of rotatable bonds is 8. The summed E-state index contributed by atoms with van der Waals surface area (Å²) < 4.78 is 5.35. The maximum Gasteiger partial charge on any atom is 0.191 e. The number of hydrogen-bond acceptors (Lipinski definition) is 4. The van der Waals surface area contributed by atoms with E-state index in [4.69, 9.17) is 4.74 Å². The van der Waals surface area contributed by atoms with Gasteiger partial charge < -0.3 is 20.3 Å². The van der Waals surface area contributed by atoms with Crippen molar-refractivity contribution in [3.05, 3.63) is 52.2 Å². The van der Waals surface area contributed by atoms with E-state index in [0.717, 1.165) is 31.2 Å². The maximum atomic E-state index is 5.35. The summed E-state index contributed by atoms with van der Waals surface area (Å²) in [5.74, 6) is 1.70. The number of likely N-dealkylation sites (N-methyl/N-ethyl adjacent to an activating group) is 1. The van der Waals surface area contributed by atoms with Crippen LogP contribution in [0.5, 0.6) is 5.75 Å². The number of nitrogens with one attached hydrogen (secondary N) is 2. The van der Waals surface area contributed by atoms with Crippen LogP contribution in [0.4, 0.5) is 0 Å². The predicted molar refractivity (Wildman–Crippen MR) is 107 cm³/mol. The van der Waals surface area contributed by atoms with Crippen LogP contribution in [0.15, 0.2) is 46.8 Å². The number of ether oxygens (including phenoxy) is 1. The van der Waals surface area contributed by atoms with E-state index >= 15 is 0 Å². The lowest BCUT2D eigenvalue weighted by atomic mass is 10.1. The van der Waals surface area contributed by atoms with Crippen LogP contribution in [0, 0.1) is 0 Å². The highest BCUT2D eigenvalue weighted by molar-refractivity contribution is 7.09. The molecule has 0 spiro atoms. The molecule has 136 valence electrons. The van der Waals surface area contributed by atoms with Crippen LogP contribution in [0.25, 0.3) is 0 Å². The van der Waals surface area contributed by atoms with Crippen LogP contribution in [-0.4, -0.2) is 52.2 Å². The molecule has 0 amide bonds.